The van der Waals surface area contributed by atoms with Crippen LogP contribution in [-0.4, -0.2) is 27.1 Å². The number of aliphatic carboxylic acids is 1. The van der Waals surface area contributed by atoms with Gasteiger partial charge in [-0.25, -0.2) is 0 Å². The van der Waals surface area contributed by atoms with Gasteiger partial charge in [-0.05, 0) is 30.9 Å². The second kappa shape index (κ2) is 8.79. The second-order valence-electron chi connectivity index (χ2n) is 7.10. The van der Waals surface area contributed by atoms with Gasteiger partial charge in [-0.15, -0.1) is 0 Å². The van der Waals surface area contributed by atoms with Crippen molar-refractivity contribution in [3.05, 3.63) is 47.1 Å². The van der Waals surface area contributed by atoms with Gasteiger partial charge in [0.25, 0.3) is 0 Å². The van der Waals surface area contributed by atoms with Crippen LogP contribution in [-0.2, 0) is 16.0 Å². The molecule has 0 aliphatic heterocycles. The molecule has 1 unspecified atom stereocenters. The number of hydrogen-bond donors (Lipinski definition) is 2. The fourth-order valence-corrected chi connectivity index (χ4v) is 3.60. The van der Waals surface area contributed by atoms with Crippen molar-refractivity contribution in [3.8, 4) is 0 Å². The van der Waals surface area contributed by atoms with Crippen LogP contribution in [0.15, 0.2) is 28.8 Å². The summed E-state index contributed by atoms with van der Waals surface area (Å²) in [6, 6.07) is 6.91. The number of carboxylic acid groups (broad SMARTS) is 1. The number of aryl methyl sites for hydroxylation is 2. The summed E-state index contributed by atoms with van der Waals surface area (Å²) in [6.07, 6.45) is 4.93. The minimum Gasteiger partial charge on any atom is -0.481 e. The SMILES string of the molecule is Cc1ccccc1C(CC(=O)O)NC(=O)CCc1nc(C2CCCC2)no1. The van der Waals surface area contributed by atoms with Gasteiger partial charge in [-0.2, -0.15) is 4.98 Å². The molecule has 1 atom stereocenters. The van der Waals surface area contributed by atoms with Crippen LogP contribution in [0.1, 0.15) is 73.3 Å². The number of benzene rings is 1. The van der Waals surface area contributed by atoms with Crippen LogP contribution in [0.25, 0.3) is 0 Å². The van der Waals surface area contributed by atoms with E-state index in [1.807, 2.05) is 31.2 Å². The number of rotatable bonds is 8. The standard InChI is InChI=1S/C20H25N3O4/c1-13-6-2-5-9-15(13)16(12-19(25)26)21-17(24)10-11-18-22-20(23-27-18)14-7-3-4-8-14/h2,5-6,9,14,16H,3-4,7-8,10-12H2,1H3,(H,21,24)(H,25,26). The quantitative estimate of drug-likeness (QED) is 0.737. The van der Waals surface area contributed by atoms with E-state index in [0.29, 0.717) is 18.2 Å². The van der Waals surface area contributed by atoms with Gasteiger partial charge in [0.2, 0.25) is 11.8 Å². The normalized spacial score (nSPS) is 15.6. The molecule has 144 valence electrons. The minimum atomic E-state index is -0.957. The Balaban J connectivity index is 1.57. The zero-order chi connectivity index (χ0) is 19.2. The molecular formula is C20H25N3O4. The van der Waals surface area contributed by atoms with E-state index in [-0.39, 0.29) is 18.7 Å². The Morgan fingerprint density at radius 1 is 1.30 bits per heavy atom. The molecule has 0 radical (unpaired) electrons. The summed E-state index contributed by atoms with van der Waals surface area (Å²) >= 11 is 0. The largest absolute Gasteiger partial charge is 0.481 e. The fraction of sp³-hybridized carbons (Fsp3) is 0.500. The lowest BCUT2D eigenvalue weighted by atomic mass is 9.98. The molecular weight excluding hydrogens is 346 g/mol. The summed E-state index contributed by atoms with van der Waals surface area (Å²) in [5.41, 5.74) is 1.76. The highest BCUT2D eigenvalue weighted by Crippen LogP contribution is 2.32. The highest BCUT2D eigenvalue weighted by Gasteiger charge is 2.23. The first kappa shape index (κ1) is 19.1. The maximum Gasteiger partial charge on any atom is 0.305 e. The Morgan fingerprint density at radius 2 is 2.04 bits per heavy atom. The zero-order valence-electron chi connectivity index (χ0n) is 15.5. The van der Waals surface area contributed by atoms with E-state index in [9.17, 15) is 14.7 Å². The van der Waals surface area contributed by atoms with Gasteiger partial charge in [0.05, 0.1) is 12.5 Å². The molecule has 1 aromatic heterocycles. The molecule has 0 spiro atoms. The first-order valence-corrected chi connectivity index (χ1v) is 9.42. The summed E-state index contributed by atoms with van der Waals surface area (Å²) in [5.74, 6) is 0.383. The lowest BCUT2D eigenvalue weighted by Crippen LogP contribution is -2.30. The lowest BCUT2D eigenvalue weighted by molar-refractivity contribution is -0.137. The van der Waals surface area contributed by atoms with Gasteiger partial charge in [0.15, 0.2) is 5.82 Å². The van der Waals surface area contributed by atoms with Crippen molar-refractivity contribution in [2.75, 3.05) is 0 Å². The van der Waals surface area contributed by atoms with Crippen molar-refractivity contribution in [3.63, 3.8) is 0 Å². The molecule has 2 aromatic rings. The van der Waals surface area contributed by atoms with Gasteiger partial charge < -0.3 is 14.9 Å². The molecule has 1 aromatic carbocycles. The Labute approximate surface area is 158 Å². The molecule has 27 heavy (non-hydrogen) atoms. The fourth-order valence-electron chi connectivity index (χ4n) is 3.60. The van der Waals surface area contributed by atoms with Crippen molar-refractivity contribution >= 4 is 11.9 Å². The third-order valence-electron chi connectivity index (χ3n) is 5.05. The molecule has 1 fully saturated rings. The number of amides is 1. The monoisotopic (exact) mass is 371 g/mol. The van der Waals surface area contributed by atoms with Crippen molar-refractivity contribution in [1.82, 2.24) is 15.5 Å². The molecule has 1 saturated carbocycles. The second-order valence-corrected chi connectivity index (χ2v) is 7.10. The van der Waals surface area contributed by atoms with Crippen molar-refractivity contribution < 1.29 is 19.2 Å². The highest BCUT2D eigenvalue weighted by molar-refractivity contribution is 5.78. The van der Waals surface area contributed by atoms with E-state index < -0.39 is 12.0 Å². The van der Waals surface area contributed by atoms with Crippen LogP contribution in [0, 0.1) is 6.92 Å². The number of hydrogen-bond acceptors (Lipinski definition) is 5. The van der Waals surface area contributed by atoms with Gasteiger partial charge in [0, 0.05) is 18.8 Å². The van der Waals surface area contributed by atoms with Gasteiger partial charge in [-0.1, -0.05) is 42.3 Å². The van der Waals surface area contributed by atoms with E-state index >= 15 is 0 Å². The van der Waals surface area contributed by atoms with Gasteiger partial charge in [-0.3, -0.25) is 9.59 Å². The number of nitrogens with one attached hydrogen (secondary N) is 1. The smallest absolute Gasteiger partial charge is 0.305 e. The maximum atomic E-state index is 12.4. The van der Waals surface area contributed by atoms with E-state index in [0.717, 1.165) is 29.8 Å². The van der Waals surface area contributed by atoms with E-state index in [2.05, 4.69) is 15.5 Å². The summed E-state index contributed by atoms with van der Waals surface area (Å²) in [5, 5.41) is 16.0. The Morgan fingerprint density at radius 3 is 2.74 bits per heavy atom. The predicted molar refractivity (Wildman–Crippen MR) is 98.1 cm³/mol. The maximum absolute atomic E-state index is 12.4. The molecule has 0 saturated heterocycles. The molecule has 0 bridgehead atoms. The molecule has 7 heteroatoms. The molecule has 1 amide bonds. The van der Waals surface area contributed by atoms with Gasteiger partial charge >= 0.3 is 5.97 Å². The van der Waals surface area contributed by atoms with Crippen molar-refractivity contribution in [2.45, 2.75) is 63.8 Å². The first-order valence-electron chi connectivity index (χ1n) is 9.42. The topological polar surface area (TPSA) is 105 Å². The van der Waals surface area contributed by atoms with Gasteiger partial charge in [0.1, 0.15) is 0 Å². The molecule has 2 N–H and O–H groups in total. The lowest BCUT2D eigenvalue weighted by Gasteiger charge is -2.19. The van der Waals surface area contributed by atoms with Crippen molar-refractivity contribution in [1.29, 1.82) is 0 Å². The first-order chi connectivity index (χ1) is 13.0. The molecule has 1 aliphatic carbocycles. The Hall–Kier alpha value is -2.70. The third kappa shape index (κ3) is 5.15. The summed E-state index contributed by atoms with van der Waals surface area (Å²) in [4.78, 5) is 28.0. The van der Waals surface area contributed by atoms with E-state index in [1.165, 1.54) is 12.8 Å². The molecule has 1 heterocycles. The third-order valence-corrected chi connectivity index (χ3v) is 5.05. The average molecular weight is 371 g/mol. The van der Waals surface area contributed by atoms with Crippen LogP contribution < -0.4 is 5.32 Å². The number of nitrogens with zero attached hydrogens (tertiary/aromatic N) is 2. The number of carbonyl (C=O) groups excluding carboxylic acids is 1. The summed E-state index contributed by atoms with van der Waals surface area (Å²) in [6.45, 7) is 1.90. The predicted octanol–water partition coefficient (Wildman–Crippen LogP) is 3.30. The molecule has 7 nitrogen and oxygen atoms in total. The molecule has 1 aliphatic rings. The minimum absolute atomic E-state index is 0.164. The van der Waals surface area contributed by atoms with Crippen LogP contribution in [0.2, 0.25) is 0 Å². The number of carboxylic acids is 1. The van der Waals surface area contributed by atoms with Crippen LogP contribution in [0.3, 0.4) is 0 Å². The van der Waals surface area contributed by atoms with Crippen LogP contribution in [0.5, 0.6) is 0 Å². The number of carbonyl (C=O) groups is 2. The van der Waals surface area contributed by atoms with Crippen LogP contribution in [0.4, 0.5) is 0 Å². The molecule has 3 rings (SSSR count). The average Bonchev–Trinajstić information content (AvgIpc) is 3.31. The zero-order valence-corrected chi connectivity index (χ0v) is 15.5. The number of aromatic nitrogens is 2. The summed E-state index contributed by atoms with van der Waals surface area (Å²) < 4.78 is 5.27. The van der Waals surface area contributed by atoms with E-state index in [1.54, 1.807) is 0 Å². The Kier molecular flexibility index (Phi) is 6.21. The Bertz CT molecular complexity index is 796. The van der Waals surface area contributed by atoms with Crippen LogP contribution >= 0.6 is 0 Å². The summed E-state index contributed by atoms with van der Waals surface area (Å²) in [7, 11) is 0. The van der Waals surface area contributed by atoms with Crippen molar-refractivity contribution in [2.24, 2.45) is 0 Å². The highest BCUT2D eigenvalue weighted by atomic mass is 16.5. The van der Waals surface area contributed by atoms with E-state index in [4.69, 9.17) is 4.52 Å².